The highest BCUT2D eigenvalue weighted by molar-refractivity contribution is 5.74. The summed E-state index contributed by atoms with van der Waals surface area (Å²) in [5.74, 6) is -2.76. The monoisotopic (exact) mass is 570 g/mol. The summed E-state index contributed by atoms with van der Waals surface area (Å²) in [4.78, 5) is 17.0. The fourth-order valence-corrected chi connectivity index (χ4v) is 7.49. The Balaban J connectivity index is 1.20. The van der Waals surface area contributed by atoms with E-state index < -0.39 is 17.9 Å². The minimum Gasteiger partial charge on any atom is -0.480 e. The predicted molar refractivity (Wildman–Crippen MR) is 156 cm³/mol. The van der Waals surface area contributed by atoms with Crippen LogP contribution in [0.25, 0.3) is 0 Å². The van der Waals surface area contributed by atoms with Gasteiger partial charge in [-0.1, -0.05) is 68.1 Å². The Morgan fingerprint density at radius 2 is 1.76 bits per heavy atom. The number of likely N-dealkylation sites (tertiary alicyclic amines) is 2. The summed E-state index contributed by atoms with van der Waals surface area (Å²) in [5.41, 5.74) is 2.01. The highest BCUT2D eigenvalue weighted by Gasteiger charge is 2.44. The molecule has 1 N–H and O–H groups in total. The molecule has 4 nitrogen and oxygen atoms in total. The summed E-state index contributed by atoms with van der Waals surface area (Å²) < 4.78 is 43.9. The molecule has 7 heteroatoms. The zero-order valence-corrected chi connectivity index (χ0v) is 24.5. The number of halogens is 3. The molecule has 1 aliphatic carbocycles. The van der Waals surface area contributed by atoms with Crippen molar-refractivity contribution < 1.29 is 23.1 Å². The summed E-state index contributed by atoms with van der Waals surface area (Å²) in [5, 5.41) is 10.2. The number of rotatable bonds is 11. The highest BCUT2D eigenvalue weighted by Crippen LogP contribution is 2.41. The van der Waals surface area contributed by atoms with Gasteiger partial charge in [0.25, 0.3) is 5.92 Å². The fourth-order valence-electron chi connectivity index (χ4n) is 7.49. The minimum absolute atomic E-state index is 0.0621. The Bertz CT molecular complexity index is 1160. The first-order valence-corrected chi connectivity index (χ1v) is 15.5. The van der Waals surface area contributed by atoms with Crippen molar-refractivity contribution in [2.24, 2.45) is 23.7 Å². The molecule has 0 radical (unpaired) electrons. The number of hydrogen-bond acceptors (Lipinski definition) is 3. The smallest absolute Gasteiger partial charge is 0.321 e. The minimum atomic E-state index is -2.81. The number of hydrogen-bond donors (Lipinski definition) is 1. The van der Waals surface area contributed by atoms with E-state index in [0.29, 0.717) is 25.4 Å². The van der Waals surface area contributed by atoms with Crippen molar-refractivity contribution in [3.8, 4) is 0 Å². The van der Waals surface area contributed by atoms with Crippen molar-refractivity contribution in [2.45, 2.75) is 76.7 Å². The molecule has 2 aromatic rings. The molecular formula is C34H45F3N2O2. The Morgan fingerprint density at radius 1 is 1.05 bits per heavy atom. The Labute approximate surface area is 242 Å². The molecule has 0 amide bonds. The van der Waals surface area contributed by atoms with E-state index in [0.717, 1.165) is 56.4 Å². The van der Waals surface area contributed by atoms with Crippen LogP contribution >= 0.6 is 0 Å². The van der Waals surface area contributed by atoms with Gasteiger partial charge >= 0.3 is 5.97 Å². The lowest BCUT2D eigenvalue weighted by atomic mass is 9.73. The SMILES string of the molecule is Cc1ccc(C(F)(F)CCC2CCN(C[C@H]3CN([C@H](C(=O)O)[C@@H](C)C4CCC4)C[C@@H]3c3cccc(F)c3)CC2)cc1. The Morgan fingerprint density at radius 3 is 2.37 bits per heavy atom. The molecule has 0 aromatic heterocycles. The number of aliphatic carboxylic acids is 1. The molecule has 3 fully saturated rings. The van der Waals surface area contributed by atoms with E-state index in [1.165, 1.54) is 12.5 Å². The molecule has 5 rings (SSSR count). The Hall–Kier alpha value is -2.38. The van der Waals surface area contributed by atoms with E-state index in [1.807, 2.05) is 13.0 Å². The van der Waals surface area contributed by atoms with E-state index in [-0.39, 0.29) is 41.5 Å². The first kappa shape index (κ1) is 30.1. The van der Waals surface area contributed by atoms with E-state index in [4.69, 9.17) is 0 Å². The van der Waals surface area contributed by atoms with Gasteiger partial charge in [0, 0.05) is 37.5 Å². The molecule has 3 aliphatic rings. The van der Waals surface area contributed by atoms with Crippen LogP contribution in [0.3, 0.4) is 0 Å². The van der Waals surface area contributed by atoms with Gasteiger partial charge in [0.1, 0.15) is 11.9 Å². The molecule has 2 heterocycles. The largest absolute Gasteiger partial charge is 0.480 e. The highest BCUT2D eigenvalue weighted by atomic mass is 19.3. The lowest BCUT2D eigenvalue weighted by Crippen LogP contribution is -2.48. The number of alkyl halides is 2. The lowest BCUT2D eigenvalue weighted by molar-refractivity contribution is -0.146. The van der Waals surface area contributed by atoms with Gasteiger partial charge in [0.05, 0.1) is 0 Å². The number of piperidine rings is 1. The fraction of sp³-hybridized carbons (Fsp3) is 0.618. The second-order valence-corrected chi connectivity index (χ2v) is 13.1. The van der Waals surface area contributed by atoms with E-state index in [1.54, 1.807) is 36.4 Å². The van der Waals surface area contributed by atoms with Crippen LogP contribution in [0.4, 0.5) is 13.2 Å². The molecule has 1 saturated carbocycles. The van der Waals surface area contributed by atoms with Gasteiger partial charge in [-0.2, -0.15) is 0 Å². The van der Waals surface area contributed by atoms with Crippen LogP contribution in [0.2, 0.25) is 0 Å². The van der Waals surface area contributed by atoms with Gasteiger partial charge in [0.2, 0.25) is 0 Å². The van der Waals surface area contributed by atoms with Gasteiger partial charge < -0.3 is 10.0 Å². The van der Waals surface area contributed by atoms with Gasteiger partial charge in [-0.05, 0) is 80.6 Å². The first-order chi connectivity index (χ1) is 19.6. The Kier molecular flexibility index (Phi) is 9.44. The van der Waals surface area contributed by atoms with Crippen LogP contribution in [0.5, 0.6) is 0 Å². The van der Waals surface area contributed by atoms with Crippen molar-refractivity contribution >= 4 is 5.97 Å². The number of carboxylic acid groups (broad SMARTS) is 1. The molecule has 2 saturated heterocycles. The van der Waals surface area contributed by atoms with Crippen LogP contribution in [0.15, 0.2) is 48.5 Å². The topological polar surface area (TPSA) is 43.8 Å². The van der Waals surface area contributed by atoms with Gasteiger partial charge in [-0.25, -0.2) is 13.2 Å². The average molecular weight is 571 g/mol. The van der Waals surface area contributed by atoms with E-state index >= 15 is 0 Å². The summed E-state index contributed by atoms with van der Waals surface area (Å²) >= 11 is 0. The number of carboxylic acids is 1. The molecule has 41 heavy (non-hydrogen) atoms. The van der Waals surface area contributed by atoms with Crippen molar-refractivity contribution in [3.63, 3.8) is 0 Å². The number of benzene rings is 2. The molecule has 0 spiro atoms. The third kappa shape index (κ3) is 7.16. The van der Waals surface area contributed by atoms with Crippen molar-refractivity contribution in [1.82, 2.24) is 9.80 Å². The van der Waals surface area contributed by atoms with Crippen LogP contribution in [-0.2, 0) is 10.7 Å². The number of carbonyl (C=O) groups is 1. The van der Waals surface area contributed by atoms with Crippen LogP contribution < -0.4 is 0 Å². The van der Waals surface area contributed by atoms with Crippen molar-refractivity contribution in [1.29, 1.82) is 0 Å². The summed E-state index contributed by atoms with van der Waals surface area (Å²) in [6.07, 6.45) is 5.54. The van der Waals surface area contributed by atoms with E-state index in [2.05, 4.69) is 16.7 Å². The average Bonchev–Trinajstić information content (AvgIpc) is 3.30. The van der Waals surface area contributed by atoms with Crippen molar-refractivity contribution in [3.05, 3.63) is 71.0 Å². The third-order valence-corrected chi connectivity index (χ3v) is 10.3. The van der Waals surface area contributed by atoms with Gasteiger partial charge in [-0.3, -0.25) is 9.69 Å². The molecule has 2 aromatic carbocycles. The van der Waals surface area contributed by atoms with Gasteiger partial charge in [0.15, 0.2) is 0 Å². The summed E-state index contributed by atoms with van der Waals surface area (Å²) in [6, 6.07) is 12.8. The maximum atomic E-state index is 14.8. The first-order valence-electron chi connectivity index (χ1n) is 15.5. The lowest BCUT2D eigenvalue weighted by Gasteiger charge is -2.38. The predicted octanol–water partition coefficient (Wildman–Crippen LogP) is 7.32. The standard InChI is InChI=1S/C34H45F3N2O2/c1-23-9-11-29(12-10-23)34(36,37)16-13-25-14-17-38(18-15-25)20-28-21-39(22-31(28)27-7-4-8-30(35)19-27)32(33(40)41)24(2)26-5-3-6-26/h4,7-12,19,24-26,28,31-32H,3,5-6,13-18,20-22H2,1-2H3,(H,40,41)/t24-,28-,31+,32-/m0/s1. The molecule has 224 valence electrons. The zero-order valence-electron chi connectivity index (χ0n) is 24.5. The van der Waals surface area contributed by atoms with Crippen LogP contribution in [0.1, 0.15) is 74.5 Å². The summed E-state index contributed by atoms with van der Waals surface area (Å²) in [7, 11) is 0. The number of nitrogens with zero attached hydrogens (tertiary/aromatic N) is 2. The quantitative estimate of drug-likeness (QED) is 0.307. The normalized spacial score (nSPS) is 24.7. The molecule has 2 aliphatic heterocycles. The number of aryl methyl sites for hydroxylation is 1. The molecule has 0 unspecified atom stereocenters. The summed E-state index contributed by atoms with van der Waals surface area (Å²) in [6.45, 7) is 7.81. The van der Waals surface area contributed by atoms with Crippen molar-refractivity contribution in [2.75, 3.05) is 32.7 Å². The maximum Gasteiger partial charge on any atom is 0.321 e. The van der Waals surface area contributed by atoms with E-state index in [9.17, 15) is 23.1 Å². The maximum absolute atomic E-state index is 14.8. The molecule has 4 atom stereocenters. The third-order valence-electron chi connectivity index (χ3n) is 10.3. The zero-order chi connectivity index (χ0) is 29.1. The van der Waals surface area contributed by atoms with Crippen LogP contribution in [0, 0.1) is 36.4 Å². The molecular weight excluding hydrogens is 525 g/mol. The molecule has 0 bridgehead atoms. The second-order valence-electron chi connectivity index (χ2n) is 13.1. The van der Waals surface area contributed by atoms with Gasteiger partial charge in [-0.15, -0.1) is 0 Å². The van der Waals surface area contributed by atoms with Crippen LogP contribution in [-0.4, -0.2) is 59.6 Å². The second kappa shape index (κ2) is 12.9.